The van der Waals surface area contributed by atoms with Crippen LogP contribution in [0.15, 0.2) is 23.2 Å². The van der Waals surface area contributed by atoms with E-state index in [4.69, 9.17) is 14.2 Å². The molecule has 3 aliphatic rings. The van der Waals surface area contributed by atoms with E-state index in [1.807, 2.05) is 13.1 Å². The van der Waals surface area contributed by atoms with E-state index in [0.29, 0.717) is 0 Å². The molecule has 1 unspecified atom stereocenters. The molecule has 1 aromatic carbocycles. The molecule has 0 aromatic heterocycles. The van der Waals surface area contributed by atoms with E-state index in [-0.39, 0.29) is 6.04 Å². The number of guanidine groups is 1. The van der Waals surface area contributed by atoms with Gasteiger partial charge in [-0.2, -0.15) is 0 Å². The van der Waals surface area contributed by atoms with Crippen molar-refractivity contribution in [1.82, 2.24) is 15.5 Å². The number of rotatable bonds is 10. The second kappa shape index (κ2) is 10.6. The molecule has 2 saturated carbocycles. The monoisotopic (exact) mass is 430 g/mol. The van der Waals surface area contributed by atoms with Gasteiger partial charge in [-0.15, -0.1) is 0 Å². The van der Waals surface area contributed by atoms with Gasteiger partial charge in [-0.25, -0.2) is 0 Å². The minimum atomic E-state index is 0.199. The SMILES string of the molecule is CN=C(NCC(C1CC1)C1CC1)NCC(c1ccc(OC)c(OC)c1)N1CCOCC1. The number of hydrogen-bond donors (Lipinski definition) is 2. The van der Waals surface area contributed by atoms with Gasteiger partial charge in [0.2, 0.25) is 0 Å². The standard InChI is InChI=1S/C24H38N4O3/c1-25-24(26-15-20(17-4-5-17)18-6-7-18)27-16-21(28-10-12-31-13-11-28)19-8-9-22(29-2)23(14-19)30-3/h8-9,14,17-18,20-21H,4-7,10-13,15-16H2,1-3H3,(H2,25,26,27). The molecule has 1 atom stereocenters. The first-order valence-electron chi connectivity index (χ1n) is 11.7. The Labute approximate surface area is 186 Å². The Morgan fingerprint density at radius 2 is 1.68 bits per heavy atom. The molecule has 2 N–H and O–H groups in total. The second-order valence-electron chi connectivity index (χ2n) is 8.95. The Balaban J connectivity index is 1.41. The van der Waals surface area contributed by atoms with Crippen molar-refractivity contribution in [2.75, 3.05) is 60.7 Å². The van der Waals surface area contributed by atoms with Gasteiger partial charge in [0.15, 0.2) is 17.5 Å². The highest BCUT2D eigenvalue weighted by Crippen LogP contribution is 2.48. The van der Waals surface area contributed by atoms with Crippen LogP contribution < -0.4 is 20.1 Å². The van der Waals surface area contributed by atoms with Gasteiger partial charge in [-0.3, -0.25) is 9.89 Å². The molecule has 31 heavy (non-hydrogen) atoms. The van der Waals surface area contributed by atoms with Gasteiger partial charge < -0.3 is 24.8 Å². The quantitative estimate of drug-likeness (QED) is 0.439. The van der Waals surface area contributed by atoms with E-state index >= 15 is 0 Å². The zero-order valence-electron chi connectivity index (χ0n) is 19.2. The Hall–Kier alpha value is -1.99. The maximum absolute atomic E-state index is 5.59. The predicted octanol–water partition coefficient (Wildman–Crippen LogP) is 2.68. The average molecular weight is 431 g/mol. The van der Waals surface area contributed by atoms with Crippen LogP contribution >= 0.6 is 0 Å². The number of methoxy groups -OCH3 is 2. The van der Waals surface area contributed by atoms with Crippen LogP contribution in [0.1, 0.15) is 37.3 Å². The molecular weight excluding hydrogens is 392 g/mol. The van der Waals surface area contributed by atoms with Crippen molar-refractivity contribution in [2.24, 2.45) is 22.7 Å². The van der Waals surface area contributed by atoms with Crippen molar-refractivity contribution < 1.29 is 14.2 Å². The van der Waals surface area contributed by atoms with Gasteiger partial charge in [0, 0.05) is 33.2 Å². The summed E-state index contributed by atoms with van der Waals surface area (Å²) in [6.45, 7) is 5.17. The number of nitrogens with one attached hydrogen (secondary N) is 2. The molecule has 0 amide bonds. The van der Waals surface area contributed by atoms with Crippen LogP contribution in [-0.4, -0.2) is 71.5 Å². The molecule has 0 bridgehead atoms. The zero-order valence-corrected chi connectivity index (χ0v) is 19.2. The predicted molar refractivity (Wildman–Crippen MR) is 123 cm³/mol. The van der Waals surface area contributed by atoms with E-state index in [1.165, 1.54) is 31.2 Å². The van der Waals surface area contributed by atoms with Crippen LogP contribution in [0.3, 0.4) is 0 Å². The highest BCUT2D eigenvalue weighted by molar-refractivity contribution is 5.79. The first-order valence-corrected chi connectivity index (χ1v) is 11.7. The third-order valence-electron chi connectivity index (χ3n) is 6.93. The van der Waals surface area contributed by atoms with Crippen molar-refractivity contribution in [3.05, 3.63) is 23.8 Å². The fourth-order valence-corrected chi connectivity index (χ4v) is 4.80. The van der Waals surface area contributed by atoms with E-state index in [0.717, 1.165) is 74.6 Å². The Bertz CT molecular complexity index is 730. The maximum Gasteiger partial charge on any atom is 0.191 e. The van der Waals surface area contributed by atoms with Crippen molar-refractivity contribution in [2.45, 2.75) is 31.7 Å². The Kier molecular flexibility index (Phi) is 7.56. The van der Waals surface area contributed by atoms with E-state index < -0.39 is 0 Å². The Morgan fingerprint density at radius 3 is 2.26 bits per heavy atom. The minimum Gasteiger partial charge on any atom is -0.493 e. The van der Waals surface area contributed by atoms with Crippen LogP contribution in [0.25, 0.3) is 0 Å². The first-order chi connectivity index (χ1) is 15.2. The van der Waals surface area contributed by atoms with Gasteiger partial charge in [-0.05, 0) is 61.1 Å². The summed E-state index contributed by atoms with van der Waals surface area (Å²) in [6.07, 6.45) is 5.64. The van der Waals surface area contributed by atoms with Gasteiger partial charge >= 0.3 is 0 Å². The smallest absolute Gasteiger partial charge is 0.191 e. The summed E-state index contributed by atoms with van der Waals surface area (Å²) in [4.78, 5) is 6.97. The summed E-state index contributed by atoms with van der Waals surface area (Å²) in [5.74, 6) is 5.10. The second-order valence-corrected chi connectivity index (χ2v) is 8.95. The van der Waals surface area contributed by atoms with Gasteiger partial charge in [0.25, 0.3) is 0 Å². The topological polar surface area (TPSA) is 67.4 Å². The van der Waals surface area contributed by atoms with Crippen molar-refractivity contribution in [3.8, 4) is 11.5 Å². The van der Waals surface area contributed by atoms with E-state index in [9.17, 15) is 0 Å². The number of morpholine rings is 1. The molecular formula is C24H38N4O3. The van der Waals surface area contributed by atoms with Gasteiger partial charge in [0.05, 0.1) is 33.5 Å². The lowest BCUT2D eigenvalue weighted by molar-refractivity contribution is 0.0169. The molecule has 7 heteroatoms. The van der Waals surface area contributed by atoms with Gasteiger partial charge in [0.1, 0.15) is 0 Å². The molecule has 7 nitrogen and oxygen atoms in total. The van der Waals surface area contributed by atoms with Crippen LogP contribution in [0.4, 0.5) is 0 Å². The van der Waals surface area contributed by atoms with Crippen molar-refractivity contribution in [3.63, 3.8) is 0 Å². The molecule has 0 spiro atoms. The summed E-state index contributed by atoms with van der Waals surface area (Å²) < 4.78 is 16.6. The lowest BCUT2D eigenvalue weighted by atomic mass is 9.98. The number of aliphatic imine (C=N–C) groups is 1. The summed E-state index contributed by atoms with van der Waals surface area (Å²) >= 11 is 0. The molecule has 172 valence electrons. The van der Waals surface area contributed by atoms with E-state index in [2.05, 4.69) is 32.7 Å². The number of hydrogen-bond acceptors (Lipinski definition) is 5. The lowest BCUT2D eigenvalue weighted by Gasteiger charge is -2.35. The molecule has 1 saturated heterocycles. The van der Waals surface area contributed by atoms with Crippen LogP contribution in [0.2, 0.25) is 0 Å². The summed E-state index contributed by atoms with van der Waals surface area (Å²) in [5, 5.41) is 7.20. The van der Waals surface area contributed by atoms with Crippen molar-refractivity contribution in [1.29, 1.82) is 0 Å². The highest BCUT2D eigenvalue weighted by atomic mass is 16.5. The summed E-state index contributed by atoms with van der Waals surface area (Å²) in [7, 11) is 5.22. The average Bonchev–Trinajstić information content (AvgIpc) is 3.73. The van der Waals surface area contributed by atoms with Crippen LogP contribution in [0, 0.1) is 17.8 Å². The minimum absolute atomic E-state index is 0.199. The first kappa shape index (κ1) is 22.2. The third-order valence-corrected chi connectivity index (χ3v) is 6.93. The molecule has 3 fully saturated rings. The maximum atomic E-state index is 5.59. The third kappa shape index (κ3) is 5.83. The number of ether oxygens (including phenoxy) is 3. The summed E-state index contributed by atoms with van der Waals surface area (Å²) in [5.41, 5.74) is 1.20. The van der Waals surface area contributed by atoms with Gasteiger partial charge in [-0.1, -0.05) is 6.07 Å². The molecule has 1 aliphatic heterocycles. The molecule has 2 aliphatic carbocycles. The fraction of sp³-hybridized carbons (Fsp3) is 0.708. The molecule has 1 heterocycles. The lowest BCUT2D eigenvalue weighted by Crippen LogP contribution is -2.47. The normalized spacial score (nSPS) is 21.1. The molecule has 4 rings (SSSR count). The molecule has 0 radical (unpaired) electrons. The zero-order chi connectivity index (χ0) is 21.6. The van der Waals surface area contributed by atoms with Crippen LogP contribution in [-0.2, 0) is 4.74 Å². The number of nitrogens with zero attached hydrogens (tertiary/aromatic N) is 2. The molecule has 1 aromatic rings. The fourth-order valence-electron chi connectivity index (χ4n) is 4.80. The highest BCUT2D eigenvalue weighted by Gasteiger charge is 2.41. The van der Waals surface area contributed by atoms with Crippen molar-refractivity contribution >= 4 is 5.96 Å². The van der Waals surface area contributed by atoms with Crippen LogP contribution in [0.5, 0.6) is 11.5 Å². The Morgan fingerprint density at radius 1 is 1.03 bits per heavy atom. The van der Waals surface area contributed by atoms with E-state index in [1.54, 1.807) is 14.2 Å². The largest absolute Gasteiger partial charge is 0.493 e. The number of benzene rings is 1. The summed E-state index contributed by atoms with van der Waals surface area (Å²) in [6, 6.07) is 6.41.